The summed E-state index contributed by atoms with van der Waals surface area (Å²) in [4.78, 5) is 17.1. The molecule has 0 saturated carbocycles. The van der Waals surface area contributed by atoms with Crippen LogP contribution in [0, 0.1) is 5.92 Å². The van der Waals surface area contributed by atoms with Crippen LogP contribution in [-0.4, -0.2) is 58.7 Å². The Labute approximate surface area is 140 Å². The third-order valence-corrected chi connectivity index (χ3v) is 4.71. The zero-order chi connectivity index (χ0) is 17.5. The van der Waals surface area contributed by atoms with Crippen molar-refractivity contribution in [1.29, 1.82) is 0 Å². The number of likely N-dealkylation sites (N-methyl/N-ethyl adjacent to an activating group) is 1. The Morgan fingerprint density at radius 3 is 2.30 bits per heavy atom. The standard InChI is InChI=1S/C18H32N4O/c1-12(2)15-9-14(19-22(15)18(4,5)6)17(23)21-10-13(3)16(11-21)20(7)8/h9,12-13,16H,10-11H2,1-8H3/t13-,16-/m1/s1. The molecule has 1 aliphatic heterocycles. The van der Waals surface area contributed by atoms with Crippen LogP contribution in [0.1, 0.15) is 63.6 Å². The maximum absolute atomic E-state index is 12.9. The minimum absolute atomic E-state index is 0.0612. The van der Waals surface area contributed by atoms with Gasteiger partial charge >= 0.3 is 0 Å². The second kappa shape index (κ2) is 6.27. The van der Waals surface area contributed by atoms with Gasteiger partial charge in [-0.25, -0.2) is 0 Å². The van der Waals surface area contributed by atoms with Crippen molar-refractivity contribution in [3.05, 3.63) is 17.5 Å². The number of rotatable bonds is 3. The molecule has 1 aliphatic rings. The Bertz CT molecular complexity index is 568. The van der Waals surface area contributed by atoms with Gasteiger partial charge in [-0.15, -0.1) is 0 Å². The molecule has 0 N–H and O–H groups in total. The molecule has 5 nitrogen and oxygen atoms in total. The second-order valence-electron chi connectivity index (χ2n) is 8.41. The third kappa shape index (κ3) is 3.60. The van der Waals surface area contributed by atoms with Gasteiger partial charge in [-0.2, -0.15) is 5.10 Å². The highest BCUT2D eigenvalue weighted by molar-refractivity contribution is 5.92. The number of carbonyl (C=O) groups excluding carboxylic acids is 1. The molecule has 0 bridgehead atoms. The zero-order valence-electron chi connectivity index (χ0n) is 15.9. The molecule has 1 aromatic heterocycles. The van der Waals surface area contributed by atoms with Gasteiger partial charge in [0.2, 0.25) is 0 Å². The van der Waals surface area contributed by atoms with E-state index in [-0.39, 0.29) is 11.4 Å². The largest absolute Gasteiger partial charge is 0.335 e. The second-order valence-corrected chi connectivity index (χ2v) is 8.41. The first-order chi connectivity index (χ1) is 10.5. The monoisotopic (exact) mass is 320 g/mol. The van der Waals surface area contributed by atoms with Gasteiger partial charge in [-0.05, 0) is 52.8 Å². The van der Waals surface area contributed by atoms with Crippen LogP contribution in [0.4, 0.5) is 0 Å². The molecule has 1 aromatic rings. The number of nitrogens with zero attached hydrogens (tertiary/aromatic N) is 4. The van der Waals surface area contributed by atoms with Crippen molar-refractivity contribution < 1.29 is 4.79 Å². The molecule has 0 unspecified atom stereocenters. The molecule has 5 heteroatoms. The number of likely N-dealkylation sites (tertiary alicyclic amines) is 1. The van der Waals surface area contributed by atoms with Crippen LogP contribution in [0.2, 0.25) is 0 Å². The van der Waals surface area contributed by atoms with Gasteiger partial charge in [0.05, 0.1) is 5.54 Å². The van der Waals surface area contributed by atoms with Crippen molar-refractivity contribution in [3.63, 3.8) is 0 Å². The van der Waals surface area contributed by atoms with Crippen molar-refractivity contribution >= 4 is 5.91 Å². The number of amides is 1. The highest BCUT2D eigenvalue weighted by Crippen LogP contribution is 2.26. The number of aromatic nitrogens is 2. The van der Waals surface area contributed by atoms with Gasteiger partial charge in [0.15, 0.2) is 5.69 Å². The molecule has 0 spiro atoms. The number of hydrogen-bond donors (Lipinski definition) is 0. The van der Waals surface area contributed by atoms with Crippen LogP contribution in [-0.2, 0) is 5.54 Å². The SMILES string of the molecule is CC(C)c1cc(C(=O)N2C[C@@H](C)[C@H](N(C)C)C2)nn1C(C)(C)C. The summed E-state index contributed by atoms with van der Waals surface area (Å²) in [7, 11) is 4.17. The fourth-order valence-corrected chi connectivity index (χ4v) is 3.40. The van der Waals surface area contributed by atoms with E-state index < -0.39 is 0 Å². The average Bonchev–Trinajstić information content (AvgIpc) is 3.00. The van der Waals surface area contributed by atoms with Crippen LogP contribution in [0.25, 0.3) is 0 Å². The number of hydrogen-bond acceptors (Lipinski definition) is 3. The summed E-state index contributed by atoms with van der Waals surface area (Å²) in [5.74, 6) is 0.893. The fourth-order valence-electron chi connectivity index (χ4n) is 3.40. The molecule has 1 amide bonds. The van der Waals surface area contributed by atoms with E-state index in [1.54, 1.807) is 0 Å². The Morgan fingerprint density at radius 1 is 1.30 bits per heavy atom. The minimum atomic E-state index is -0.122. The molecule has 130 valence electrons. The first-order valence-electron chi connectivity index (χ1n) is 8.58. The van der Waals surface area contributed by atoms with Crippen molar-refractivity contribution in [2.24, 2.45) is 5.92 Å². The fraction of sp³-hybridized carbons (Fsp3) is 0.778. The highest BCUT2D eigenvalue weighted by atomic mass is 16.2. The van der Waals surface area contributed by atoms with Crippen LogP contribution in [0.3, 0.4) is 0 Å². The zero-order valence-corrected chi connectivity index (χ0v) is 15.9. The summed E-state index contributed by atoms with van der Waals surface area (Å²) in [5.41, 5.74) is 1.58. The molecule has 0 radical (unpaired) electrons. The first kappa shape index (κ1) is 18.0. The lowest BCUT2D eigenvalue weighted by Gasteiger charge is -2.24. The maximum atomic E-state index is 12.9. The Kier molecular flexibility index (Phi) is 4.90. The molecular weight excluding hydrogens is 288 g/mol. The van der Waals surface area contributed by atoms with Crippen molar-refractivity contribution in [2.45, 2.75) is 59.0 Å². The van der Waals surface area contributed by atoms with Crippen LogP contribution in [0.15, 0.2) is 6.07 Å². The molecule has 0 aromatic carbocycles. The molecule has 23 heavy (non-hydrogen) atoms. The van der Waals surface area contributed by atoms with Gasteiger partial charge in [0.25, 0.3) is 5.91 Å². The van der Waals surface area contributed by atoms with Gasteiger partial charge in [0, 0.05) is 24.8 Å². The first-order valence-corrected chi connectivity index (χ1v) is 8.58. The van der Waals surface area contributed by atoms with Crippen molar-refractivity contribution in [2.75, 3.05) is 27.2 Å². The minimum Gasteiger partial charge on any atom is -0.335 e. The molecule has 2 atom stereocenters. The summed E-state index contributed by atoms with van der Waals surface area (Å²) in [6.45, 7) is 14.5. The lowest BCUT2D eigenvalue weighted by Crippen LogP contribution is -2.36. The summed E-state index contributed by atoms with van der Waals surface area (Å²) in [5, 5.41) is 4.65. The van der Waals surface area contributed by atoms with Crippen LogP contribution < -0.4 is 0 Å². The van der Waals surface area contributed by atoms with E-state index in [4.69, 9.17) is 0 Å². The summed E-state index contributed by atoms with van der Waals surface area (Å²) in [6.07, 6.45) is 0. The van der Waals surface area contributed by atoms with Crippen LogP contribution in [0.5, 0.6) is 0 Å². The van der Waals surface area contributed by atoms with Crippen LogP contribution >= 0.6 is 0 Å². The Balaban J connectivity index is 2.27. The van der Waals surface area contributed by atoms with Gasteiger partial charge < -0.3 is 9.80 Å². The average molecular weight is 320 g/mol. The van der Waals surface area contributed by atoms with E-state index in [1.165, 1.54) is 0 Å². The Morgan fingerprint density at radius 2 is 1.91 bits per heavy atom. The van der Waals surface area contributed by atoms with E-state index in [2.05, 4.69) is 65.6 Å². The molecule has 1 fully saturated rings. The lowest BCUT2D eigenvalue weighted by atomic mass is 10.1. The smallest absolute Gasteiger partial charge is 0.274 e. The normalized spacial score (nSPS) is 22.4. The number of carbonyl (C=O) groups is 1. The molecule has 2 heterocycles. The predicted octanol–water partition coefficient (Wildman–Crippen LogP) is 2.78. The van der Waals surface area contributed by atoms with Crippen molar-refractivity contribution in [1.82, 2.24) is 19.6 Å². The van der Waals surface area contributed by atoms with E-state index in [1.807, 2.05) is 15.6 Å². The van der Waals surface area contributed by atoms with E-state index >= 15 is 0 Å². The summed E-state index contributed by atoms with van der Waals surface area (Å²) in [6, 6.07) is 2.40. The maximum Gasteiger partial charge on any atom is 0.274 e. The summed E-state index contributed by atoms with van der Waals surface area (Å²) < 4.78 is 2.01. The molecule has 2 rings (SSSR count). The topological polar surface area (TPSA) is 41.4 Å². The highest BCUT2D eigenvalue weighted by Gasteiger charge is 2.35. The molecule has 0 aliphatic carbocycles. The van der Waals surface area contributed by atoms with Gasteiger partial charge in [0.1, 0.15) is 0 Å². The lowest BCUT2D eigenvalue weighted by molar-refractivity contribution is 0.0774. The Hall–Kier alpha value is -1.36. The summed E-state index contributed by atoms with van der Waals surface area (Å²) >= 11 is 0. The van der Waals surface area contributed by atoms with Crippen molar-refractivity contribution in [3.8, 4) is 0 Å². The molecule has 1 saturated heterocycles. The van der Waals surface area contributed by atoms with E-state index in [0.29, 0.717) is 23.6 Å². The third-order valence-electron chi connectivity index (χ3n) is 4.71. The molecular formula is C18H32N4O. The van der Waals surface area contributed by atoms with E-state index in [0.717, 1.165) is 18.8 Å². The predicted molar refractivity (Wildman–Crippen MR) is 93.9 cm³/mol. The van der Waals surface area contributed by atoms with Gasteiger partial charge in [-0.3, -0.25) is 9.48 Å². The quantitative estimate of drug-likeness (QED) is 0.860. The van der Waals surface area contributed by atoms with E-state index in [9.17, 15) is 4.79 Å². The van der Waals surface area contributed by atoms with Gasteiger partial charge in [-0.1, -0.05) is 20.8 Å².